The molecule has 0 aliphatic heterocycles. The highest BCUT2D eigenvalue weighted by molar-refractivity contribution is 6.45. The molecule has 2 amide bonds. The highest BCUT2D eigenvalue weighted by Crippen LogP contribution is 2.29. The highest BCUT2D eigenvalue weighted by Gasteiger charge is 2.15. The van der Waals surface area contributed by atoms with Gasteiger partial charge in [0.1, 0.15) is 12.4 Å². The zero-order chi connectivity index (χ0) is 18.9. The van der Waals surface area contributed by atoms with Gasteiger partial charge in [-0.15, -0.1) is 0 Å². The average molecular weight is 392 g/mol. The number of hydrazone groups is 1. The third kappa shape index (κ3) is 5.61. The number of rotatable bonds is 6. The molecule has 0 unspecified atom stereocenters. The molecule has 2 rings (SSSR count). The van der Waals surface area contributed by atoms with Gasteiger partial charge in [0.25, 0.3) is 0 Å². The number of hydrogen-bond acceptors (Lipinski definition) is 4. The van der Waals surface area contributed by atoms with Gasteiger partial charge in [0.05, 0.1) is 21.9 Å². The SMILES string of the molecule is C=CCOc1cccc(/C=N\NC(=O)C(=O)Nc2cccc(Cl)c2Cl)c1. The third-order valence-electron chi connectivity index (χ3n) is 3.01. The monoisotopic (exact) mass is 391 g/mol. The minimum absolute atomic E-state index is 0.148. The summed E-state index contributed by atoms with van der Waals surface area (Å²) in [6, 6.07) is 11.7. The second-order valence-corrected chi connectivity index (χ2v) is 5.71. The number of carbonyl (C=O) groups is 2. The Morgan fingerprint density at radius 1 is 1.15 bits per heavy atom. The molecule has 0 fully saturated rings. The molecular weight excluding hydrogens is 377 g/mol. The van der Waals surface area contributed by atoms with E-state index in [4.69, 9.17) is 27.9 Å². The molecular formula is C18H15Cl2N3O3. The molecule has 6 nitrogen and oxygen atoms in total. The lowest BCUT2D eigenvalue weighted by Crippen LogP contribution is -2.32. The van der Waals surface area contributed by atoms with Gasteiger partial charge in [-0.05, 0) is 29.8 Å². The zero-order valence-electron chi connectivity index (χ0n) is 13.5. The maximum Gasteiger partial charge on any atom is 0.329 e. The Kier molecular flexibility index (Phi) is 7.20. The summed E-state index contributed by atoms with van der Waals surface area (Å²) in [5.74, 6) is -1.24. The molecule has 26 heavy (non-hydrogen) atoms. The number of ether oxygens (including phenoxy) is 1. The molecule has 134 valence electrons. The maximum atomic E-state index is 11.9. The van der Waals surface area contributed by atoms with Crippen molar-refractivity contribution in [2.24, 2.45) is 5.10 Å². The van der Waals surface area contributed by atoms with E-state index in [2.05, 4.69) is 22.4 Å². The first kappa shape index (κ1) is 19.5. The van der Waals surface area contributed by atoms with Crippen molar-refractivity contribution < 1.29 is 14.3 Å². The van der Waals surface area contributed by atoms with Gasteiger partial charge in [0.15, 0.2) is 0 Å². The van der Waals surface area contributed by atoms with Gasteiger partial charge in [0, 0.05) is 0 Å². The predicted molar refractivity (Wildman–Crippen MR) is 103 cm³/mol. The Morgan fingerprint density at radius 2 is 1.92 bits per heavy atom. The summed E-state index contributed by atoms with van der Waals surface area (Å²) in [6.45, 7) is 3.95. The van der Waals surface area contributed by atoms with Crippen LogP contribution in [0.25, 0.3) is 0 Å². The summed E-state index contributed by atoms with van der Waals surface area (Å²) in [5.41, 5.74) is 3.05. The summed E-state index contributed by atoms with van der Waals surface area (Å²) in [6.07, 6.45) is 3.02. The molecule has 0 atom stereocenters. The molecule has 0 saturated heterocycles. The Morgan fingerprint density at radius 3 is 2.69 bits per heavy atom. The molecule has 0 radical (unpaired) electrons. The van der Waals surface area contributed by atoms with E-state index in [1.165, 1.54) is 12.3 Å². The quantitative estimate of drug-likeness (QED) is 0.341. The van der Waals surface area contributed by atoms with Crippen molar-refractivity contribution in [3.05, 3.63) is 70.7 Å². The van der Waals surface area contributed by atoms with Crippen LogP contribution in [0, 0.1) is 0 Å². The van der Waals surface area contributed by atoms with Crippen molar-refractivity contribution in [3.8, 4) is 5.75 Å². The second kappa shape index (κ2) is 9.60. The van der Waals surface area contributed by atoms with Crippen molar-refractivity contribution in [1.29, 1.82) is 0 Å². The van der Waals surface area contributed by atoms with E-state index < -0.39 is 11.8 Å². The lowest BCUT2D eigenvalue weighted by molar-refractivity contribution is -0.136. The van der Waals surface area contributed by atoms with E-state index in [0.29, 0.717) is 17.9 Å². The van der Waals surface area contributed by atoms with E-state index in [1.54, 1.807) is 42.5 Å². The van der Waals surface area contributed by atoms with Gasteiger partial charge in [-0.3, -0.25) is 9.59 Å². The second-order valence-electron chi connectivity index (χ2n) is 4.93. The molecule has 0 aliphatic carbocycles. The van der Waals surface area contributed by atoms with Crippen LogP contribution in [0.4, 0.5) is 5.69 Å². The molecule has 0 aliphatic rings. The Hall–Kier alpha value is -2.83. The number of nitrogens with one attached hydrogen (secondary N) is 2. The number of hydrogen-bond donors (Lipinski definition) is 2. The minimum atomic E-state index is -0.948. The Bertz CT molecular complexity index is 853. The molecule has 0 aromatic heterocycles. The molecule has 0 bridgehead atoms. The van der Waals surface area contributed by atoms with E-state index in [-0.39, 0.29) is 15.7 Å². The van der Waals surface area contributed by atoms with E-state index in [1.807, 2.05) is 0 Å². The summed E-state index contributed by atoms with van der Waals surface area (Å²) >= 11 is 11.8. The fourth-order valence-corrected chi connectivity index (χ4v) is 2.18. The molecule has 0 saturated carbocycles. The normalized spacial score (nSPS) is 10.4. The van der Waals surface area contributed by atoms with Crippen molar-refractivity contribution in [2.45, 2.75) is 0 Å². The minimum Gasteiger partial charge on any atom is -0.490 e. The van der Waals surface area contributed by atoms with Crippen molar-refractivity contribution >= 4 is 46.9 Å². The van der Waals surface area contributed by atoms with Crippen LogP contribution in [0.1, 0.15) is 5.56 Å². The Labute approximate surface area is 160 Å². The van der Waals surface area contributed by atoms with E-state index >= 15 is 0 Å². The fourth-order valence-electron chi connectivity index (χ4n) is 1.84. The van der Waals surface area contributed by atoms with Crippen molar-refractivity contribution in [1.82, 2.24) is 5.43 Å². The topological polar surface area (TPSA) is 79.8 Å². The summed E-state index contributed by atoms with van der Waals surface area (Å²) in [5, 5.41) is 6.52. The van der Waals surface area contributed by atoms with Gasteiger partial charge < -0.3 is 10.1 Å². The van der Waals surface area contributed by atoms with Gasteiger partial charge in [-0.25, -0.2) is 5.43 Å². The summed E-state index contributed by atoms with van der Waals surface area (Å²) < 4.78 is 5.39. The molecule has 2 N–H and O–H groups in total. The van der Waals surface area contributed by atoms with Crippen LogP contribution in [0.2, 0.25) is 10.0 Å². The molecule has 0 heterocycles. The smallest absolute Gasteiger partial charge is 0.329 e. The van der Waals surface area contributed by atoms with Crippen LogP contribution in [-0.2, 0) is 9.59 Å². The largest absolute Gasteiger partial charge is 0.490 e. The number of amides is 2. The number of halogens is 2. The van der Waals surface area contributed by atoms with E-state index in [0.717, 1.165) is 0 Å². The van der Waals surface area contributed by atoms with Crippen LogP contribution >= 0.6 is 23.2 Å². The number of nitrogens with zero attached hydrogens (tertiary/aromatic N) is 1. The van der Waals surface area contributed by atoms with Gasteiger partial charge in [0.2, 0.25) is 0 Å². The van der Waals surface area contributed by atoms with Gasteiger partial charge in [-0.2, -0.15) is 5.10 Å². The van der Waals surface area contributed by atoms with Crippen molar-refractivity contribution in [3.63, 3.8) is 0 Å². The third-order valence-corrected chi connectivity index (χ3v) is 3.83. The number of carbonyl (C=O) groups excluding carboxylic acids is 2. The average Bonchev–Trinajstić information content (AvgIpc) is 2.64. The first-order chi connectivity index (χ1) is 12.5. The van der Waals surface area contributed by atoms with E-state index in [9.17, 15) is 9.59 Å². The van der Waals surface area contributed by atoms with Crippen LogP contribution in [0.15, 0.2) is 60.2 Å². The number of anilines is 1. The lowest BCUT2D eigenvalue weighted by atomic mass is 10.2. The summed E-state index contributed by atoms with van der Waals surface area (Å²) in [4.78, 5) is 23.7. The molecule has 8 heteroatoms. The van der Waals surface area contributed by atoms with Gasteiger partial charge >= 0.3 is 11.8 Å². The first-order valence-electron chi connectivity index (χ1n) is 7.43. The van der Waals surface area contributed by atoms with Crippen molar-refractivity contribution in [2.75, 3.05) is 11.9 Å². The predicted octanol–water partition coefficient (Wildman–Crippen LogP) is 3.65. The first-order valence-corrected chi connectivity index (χ1v) is 8.19. The zero-order valence-corrected chi connectivity index (χ0v) is 15.1. The standard InChI is InChI=1S/C18H15Cl2N3O3/c1-2-9-26-13-6-3-5-12(10-13)11-21-23-18(25)17(24)22-15-8-4-7-14(19)16(15)20/h2-8,10-11H,1,9H2,(H,22,24)(H,23,25)/b21-11-. The van der Waals surface area contributed by atoms with Crippen LogP contribution in [0.3, 0.4) is 0 Å². The molecule has 0 spiro atoms. The summed E-state index contributed by atoms with van der Waals surface area (Å²) in [7, 11) is 0. The van der Waals surface area contributed by atoms with Crippen LogP contribution < -0.4 is 15.5 Å². The number of benzene rings is 2. The van der Waals surface area contributed by atoms with Gasteiger partial charge in [-0.1, -0.05) is 54.1 Å². The van der Waals surface area contributed by atoms with Crippen LogP contribution in [0.5, 0.6) is 5.75 Å². The Balaban J connectivity index is 1.93. The highest BCUT2D eigenvalue weighted by atomic mass is 35.5. The fraction of sp³-hybridized carbons (Fsp3) is 0.0556. The maximum absolute atomic E-state index is 11.9. The molecule has 2 aromatic carbocycles. The lowest BCUT2D eigenvalue weighted by Gasteiger charge is -2.07. The molecule has 2 aromatic rings. The van der Waals surface area contributed by atoms with Crippen LogP contribution in [-0.4, -0.2) is 24.6 Å².